The van der Waals surface area contributed by atoms with Crippen molar-refractivity contribution >= 4 is 0 Å². The normalized spacial score (nSPS) is 16.5. The molecule has 2 rings (SSSR count). The van der Waals surface area contributed by atoms with E-state index in [1.165, 1.54) is 51.4 Å². The first-order valence-corrected chi connectivity index (χ1v) is 8.81. The number of nitrogens with zero attached hydrogens (tertiary/aromatic N) is 1. The van der Waals surface area contributed by atoms with Gasteiger partial charge in [-0.05, 0) is 11.8 Å². The Balaban J connectivity index is -0.000000120. The molecule has 4 heteroatoms. The Morgan fingerprint density at radius 1 is 0.708 bits per heavy atom. The minimum Gasteiger partial charge on any atom is -0.659 e. The molecule has 0 atom stereocenters. The second kappa shape index (κ2) is 26.0. The molecular formula is C20H44NO2Sc. The molecule has 0 saturated heterocycles. The van der Waals surface area contributed by atoms with E-state index in [-0.39, 0.29) is 40.7 Å². The van der Waals surface area contributed by atoms with Crippen molar-refractivity contribution in [1.29, 1.82) is 0 Å². The third-order valence-electron chi connectivity index (χ3n) is 4.19. The Kier molecular flexibility index (Phi) is 35.1. The zero-order chi connectivity index (χ0) is 15.8. The summed E-state index contributed by atoms with van der Waals surface area (Å²) in [6, 6.07) is 0. The second-order valence-electron chi connectivity index (χ2n) is 6.44. The van der Waals surface area contributed by atoms with Gasteiger partial charge in [0.15, 0.2) is 0 Å². The molecule has 0 aromatic rings. The van der Waals surface area contributed by atoms with Crippen LogP contribution in [0, 0.1) is 26.7 Å². The van der Waals surface area contributed by atoms with Gasteiger partial charge in [-0.15, -0.1) is 13.1 Å². The summed E-state index contributed by atoms with van der Waals surface area (Å²) in [7, 11) is 3.34. The van der Waals surface area contributed by atoms with Gasteiger partial charge in [-0.2, -0.15) is 0 Å². The Hall–Kier alpha value is 0.750. The summed E-state index contributed by atoms with van der Waals surface area (Å²) in [6.45, 7) is 7.66. The molecule has 0 aromatic heterocycles. The molecule has 0 aliphatic heterocycles. The van der Waals surface area contributed by atoms with Crippen LogP contribution in [-0.4, -0.2) is 40.5 Å². The zero-order valence-electron chi connectivity index (χ0n) is 17.5. The predicted molar refractivity (Wildman–Crippen MR) is 105 cm³/mol. The van der Waals surface area contributed by atoms with Crippen LogP contribution >= 0.6 is 0 Å². The summed E-state index contributed by atoms with van der Waals surface area (Å²) in [6.07, 6.45) is 11.9. The smallest absolute Gasteiger partial charge is 0.659 e. The number of hydrogen-bond acceptors (Lipinski definition) is 2. The zero-order valence-corrected chi connectivity index (χ0v) is 19.3. The maximum atomic E-state index is 4.79. The molecule has 0 aromatic carbocycles. The molecule has 0 bridgehead atoms. The third kappa shape index (κ3) is 25.0. The molecule has 2 aliphatic rings. The summed E-state index contributed by atoms with van der Waals surface area (Å²) < 4.78 is 9.57. The number of ether oxygens (including phenoxy) is 2. The van der Waals surface area contributed by atoms with Crippen molar-refractivity contribution in [3.05, 3.63) is 20.2 Å². The molecule has 3 nitrogen and oxygen atoms in total. The van der Waals surface area contributed by atoms with Crippen molar-refractivity contribution in [2.75, 3.05) is 40.5 Å². The van der Waals surface area contributed by atoms with Gasteiger partial charge in [0.25, 0.3) is 0 Å². The standard InChI is InChI=1S/C6H14NO2.2C6H12.2CH3.Sc/c1-8-5-3-7-4-6-9-2;2*1-6-4-2-3-5-6;;;/h3-6H2,1-2H3;2*6H,2-5H2,1H3;2*1H3;/q-1;;;2*-1;+3. The molecule has 24 heavy (non-hydrogen) atoms. The van der Waals surface area contributed by atoms with E-state index in [9.17, 15) is 0 Å². The summed E-state index contributed by atoms with van der Waals surface area (Å²) in [5, 5.41) is 4.10. The molecule has 2 saturated carbocycles. The largest absolute Gasteiger partial charge is 3.00 e. The minimum atomic E-state index is 0. The van der Waals surface area contributed by atoms with Crippen molar-refractivity contribution in [2.24, 2.45) is 11.8 Å². The minimum absolute atomic E-state index is 0. The van der Waals surface area contributed by atoms with Crippen LogP contribution in [0.3, 0.4) is 0 Å². The van der Waals surface area contributed by atoms with Crippen molar-refractivity contribution in [2.45, 2.75) is 65.2 Å². The first-order valence-electron chi connectivity index (χ1n) is 8.81. The first-order chi connectivity index (χ1) is 10.2. The fourth-order valence-corrected chi connectivity index (χ4v) is 2.68. The van der Waals surface area contributed by atoms with Gasteiger partial charge >= 0.3 is 25.8 Å². The monoisotopic (exact) mass is 375 g/mol. The van der Waals surface area contributed by atoms with E-state index in [4.69, 9.17) is 9.47 Å². The maximum Gasteiger partial charge on any atom is 3.00 e. The number of hydrogen-bond donors (Lipinski definition) is 0. The van der Waals surface area contributed by atoms with Crippen LogP contribution in [0.1, 0.15) is 65.2 Å². The fourth-order valence-electron chi connectivity index (χ4n) is 2.68. The fraction of sp³-hybridized carbons (Fsp3) is 0.900. The average Bonchev–Trinajstić information content (AvgIpc) is 3.14. The predicted octanol–water partition coefficient (Wildman–Crippen LogP) is 5.94. The number of rotatable bonds is 6. The molecule has 0 unspecified atom stereocenters. The molecule has 2 fully saturated rings. The van der Waals surface area contributed by atoms with Gasteiger partial charge in [0, 0.05) is 27.4 Å². The van der Waals surface area contributed by atoms with Gasteiger partial charge < -0.3 is 29.6 Å². The van der Waals surface area contributed by atoms with E-state index in [1.807, 2.05) is 0 Å². The molecular weight excluding hydrogens is 331 g/mol. The average molecular weight is 376 g/mol. The second-order valence-corrected chi connectivity index (χ2v) is 6.44. The van der Waals surface area contributed by atoms with Crippen molar-refractivity contribution < 1.29 is 35.3 Å². The summed E-state index contributed by atoms with van der Waals surface area (Å²) in [5.41, 5.74) is 0. The topological polar surface area (TPSA) is 32.6 Å². The van der Waals surface area contributed by atoms with Crippen molar-refractivity contribution in [3.63, 3.8) is 0 Å². The van der Waals surface area contributed by atoms with E-state index in [2.05, 4.69) is 19.2 Å². The van der Waals surface area contributed by atoms with E-state index in [0.29, 0.717) is 13.2 Å². The van der Waals surface area contributed by atoms with Gasteiger partial charge in [-0.3, -0.25) is 0 Å². The van der Waals surface area contributed by atoms with Crippen LogP contribution in [0.25, 0.3) is 5.32 Å². The van der Waals surface area contributed by atoms with E-state index in [0.717, 1.165) is 24.9 Å². The summed E-state index contributed by atoms with van der Waals surface area (Å²) >= 11 is 0. The molecule has 144 valence electrons. The van der Waals surface area contributed by atoms with E-state index < -0.39 is 0 Å². The molecule has 0 heterocycles. The van der Waals surface area contributed by atoms with Crippen LogP contribution in [0.4, 0.5) is 0 Å². The third-order valence-corrected chi connectivity index (χ3v) is 4.19. The SMILES string of the molecule is CC1CCCC1.CC1CCCC1.COCC[N-]CCOC.[CH3-].[CH3-].[Sc+3]. The van der Waals surface area contributed by atoms with Gasteiger partial charge in [-0.25, -0.2) is 0 Å². The Labute approximate surface area is 172 Å². The van der Waals surface area contributed by atoms with Crippen molar-refractivity contribution in [1.82, 2.24) is 0 Å². The summed E-state index contributed by atoms with van der Waals surface area (Å²) in [4.78, 5) is 0. The van der Waals surface area contributed by atoms with Gasteiger partial charge in [0.2, 0.25) is 0 Å². The first kappa shape index (κ1) is 32.4. The van der Waals surface area contributed by atoms with Crippen LogP contribution in [0.15, 0.2) is 0 Å². The van der Waals surface area contributed by atoms with Gasteiger partial charge in [0.05, 0.1) is 0 Å². The Bertz CT molecular complexity index is 174. The Morgan fingerprint density at radius 2 is 1.00 bits per heavy atom. The van der Waals surface area contributed by atoms with Crippen LogP contribution in [-0.2, 0) is 35.3 Å². The molecule has 2 aliphatic carbocycles. The Morgan fingerprint density at radius 3 is 1.17 bits per heavy atom. The van der Waals surface area contributed by atoms with Crippen LogP contribution < -0.4 is 0 Å². The quantitative estimate of drug-likeness (QED) is 0.425. The van der Waals surface area contributed by atoms with Crippen molar-refractivity contribution in [3.8, 4) is 0 Å². The van der Waals surface area contributed by atoms with E-state index >= 15 is 0 Å². The molecule has 0 amide bonds. The molecule has 0 radical (unpaired) electrons. The van der Waals surface area contributed by atoms with Gasteiger partial charge in [0.1, 0.15) is 0 Å². The summed E-state index contributed by atoms with van der Waals surface area (Å²) in [5.74, 6) is 2.09. The molecule has 0 N–H and O–H groups in total. The van der Waals surface area contributed by atoms with Crippen LogP contribution in [0.5, 0.6) is 0 Å². The van der Waals surface area contributed by atoms with E-state index in [1.54, 1.807) is 14.2 Å². The van der Waals surface area contributed by atoms with Crippen LogP contribution in [0.2, 0.25) is 0 Å². The molecule has 0 spiro atoms. The maximum absolute atomic E-state index is 4.79. The number of methoxy groups -OCH3 is 2. The van der Waals surface area contributed by atoms with Gasteiger partial charge in [-0.1, -0.05) is 65.2 Å².